The number of nitrogen functional groups attached to an aromatic ring is 1. The Hall–Kier alpha value is -2.33. The second-order valence-corrected chi connectivity index (χ2v) is 6.08. The van der Waals surface area contributed by atoms with Crippen molar-refractivity contribution >= 4 is 48.9 Å². The van der Waals surface area contributed by atoms with E-state index in [4.69, 9.17) is 10.2 Å². The minimum Gasteiger partial charge on any atom is -0.422 e. The molecule has 0 unspecified atom stereocenters. The van der Waals surface area contributed by atoms with E-state index in [1.54, 1.807) is 0 Å². The third-order valence-electron chi connectivity index (χ3n) is 3.66. The van der Waals surface area contributed by atoms with E-state index in [2.05, 4.69) is 0 Å². The number of hydrogen-bond acceptors (Lipinski definition) is 4. The molecule has 0 bridgehead atoms. The summed E-state index contributed by atoms with van der Waals surface area (Å²) in [6.07, 6.45) is 0. The van der Waals surface area contributed by atoms with Gasteiger partial charge in [0.05, 0.1) is 0 Å². The first-order valence-corrected chi connectivity index (χ1v) is 7.11. The maximum Gasteiger partial charge on any atom is 0.347 e. The minimum atomic E-state index is -0.356. The third kappa shape index (κ3) is 1.37. The van der Waals surface area contributed by atoms with Crippen LogP contribution in [0.2, 0.25) is 0 Å². The van der Waals surface area contributed by atoms with Crippen LogP contribution < -0.4 is 11.4 Å². The van der Waals surface area contributed by atoms with E-state index < -0.39 is 0 Å². The predicted molar refractivity (Wildman–Crippen MR) is 84.5 cm³/mol. The van der Waals surface area contributed by atoms with Crippen LogP contribution in [0.5, 0.6) is 0 Å². The Kier molecular flexibility index (Phi) is 2.20. The van der Waals surface area contributed by atoms with Gasteiger partial charge in [-0.1, -0.05) is 30.3 Å². The van der Waals surface area contributed by atoms with Crippen LogP contribution in [0, 0.1) is 6.92 Å². The molecule has 0 spiro atoms. The van der Waals surface area contributed by atoms with Gasteiger partial charge in [0.1, 0.15) is 16.0 Å². The molecule has 2 heterocycles. The topological polar surface area (TPSA) is 56.2 Å². The van der Waals surface area contributed by atoms with E-state index in [-0.39, 0.29) is 5.63 Å². The second-order valence-electron chi connectivity index (χ2n) is 4.83. The Bertz CT molecular complexity index is 1040. The lowest BCUT2D eigenvalue weighted by molar-refractivity contribution is 0.573. The zero-order valence-electron chi connectivity index (χ0n) is 10.8. The molecule has 0 saturated carbocycles. The highest BCUT2D eigenvalue weighted by Crippen LogP contribution is 2.37. The molecule has 0 fully saturated rings. The van der Waals surface area contributed by atoms with Gasteiger partial charge < -0.3 is 10.2 Å². The number of benzene rings is 2. The first-order valence-electron chi connectivity index (χ1n) is 6.30. The summed E-state index contributed by atoms with van der Waals surface area (Å²) in [4.78, 5) is 13.3. The Balaban J connectivity index is 2.39. The molecular weight excluding hydrogens is 270 g/mol. The molecule has 2 aromatic carbocycles. The van der Waals surface area contributed by atoms with Crippen molar-refractivity contribution in [3.63, 3.8) is 0 Å². The number of rotatable bonds is 0. The maximum atomic E-state index is 12.2. The number of nitrogens with two attached hydrogens (primary N) is 1. The summed E-state index contributed by atoms with van der Waals surface area (Å²) in [6, 6.07) is 11.9. The highest BCUT2D eigenvalue weighted by atomic mass is 32.1. The van der Waals surface area contributed by atoms with Crippen LogP contribution in [0.4, 0.5) is 5.00 Å². The van der Waals surface area contributed by atoms with Crippen LogP contribution in [0.1, 0.15) is 4.88 Å². The summed E-state index contributed by atoms with van der Waals surface area (Å²) < 4.78 is 5.55. The summed E-state index contributed by atoms with van der Waals surface area (Å²) in [5, 5.41) is 4.92. The van der Waals surface area contributed by atoms with Crippen LogP contribution in [0.25, 0.3) is 32.5 Å². The molecule has 0 radical (unpaired) electrons. The van der Waals surface area contributed by atoms with E-state index in [9.17, 15) is 4.79 Å². The van der Waals surface area contributed by atoms with E-state index >= 15 is 0 Å². The molecule has 98 valence electrons. The fourth-order valence-electron chi connectivity index (χ4n) is 2.79. The van der Waals surface area contributed by atoms with Crippen molar-refractivity contribution in [2.75, 3.05) is 5.73 Å². The molecule has 2 aromatic heterocycles. The highest BCUT2D eigenvalue weighted by molar-refractivity contribution is 7.18. The van der Waals surface area contributed by atoms with Crippen molar-refractivity contribution in [1.82, 2.24) is 0 Å². The van der Waals surface area contributed by atoms with Gasteiger partial charge in [-0.2, -0.15) is 0 Å². The average molecular weight is 281 g/mol. The Morgan fingerprint density at radius 3 is 2.70 bits per heavy atom. The molecule has 0 atom stereocenters. The zero-order valence-corrected chi connectivity index (χ0v) is 11.6. The third-order valence-corrected chi connectivity index (χ3v) is 4.59. The lowest BCUT2D eigenvalue weighted by Crippen LogP contribution is -2.00. The van der Waals surface area contributed by atoms with Crippen LogP contribution in [0.15, 0.2) is 45.6 Å². The summed E-state index contributed by atoms with van der Waals surface area (Å²) in [5.74, 6) is 0. The number of anilines is 1. The minimum absolute atomic E-state index is 0.356. The lowest BCUT2D eigenvalue weighted by Gasteiger charge is -2.04. The van der Waals surface area contributed by atoms with Crippen LogP contribution >= 0.6 is 11.3 Å². The van der Waals surface area contributed by atoms with Crippen molar-refractivity contribution in [3.05, 3.63) is 51.7 Å². The fraction of sp³-hybridized carbons (Fsp3) is 0.0625. The standard InChI is InChI=1S/C16H11NO2S/c1-8-12-11-7-6-9-4-2-3-5-10(9)14(11)19-16(18)13(12)15(17)20-8/h2-7H,17H2,1H3. The van der Waals surface area contributed by atoms with Crippen molar-refractivity contribution in [2.24, 2.45) is 0 Å². The molecular formula is C16H11NO2S. The fourth-order valence-corrected chi connectivity index (χ4v) is 3.72. The average Bonchev–Trinajstić information content (AvgIpc) is 2.75. The zero-order chi connectivity index (χ0) is 13.9. The Morgan fingerprint density at radius 2 is 1.85 bits per heavy atom. The quantitative estimate of drug-likeness (QED) is 0.391. The lowest BCUT2D eigenvalue weighted by atomic mass is 10.0. The van der Waals surface area contributed by atoms with Gasteiger partial charge in [0.15, 0.2) is 0 Å². The van der Waals surface area contributed by atoms with Crippen molar-refractivity contribution < 1.29 is 4.42 Å². The molecule has 3 nitrogen and oxygen atoms in total. The van der Waals surface area contributed by atoms with Crippen molar-refractivity contribution in [2.45, 2.75) is 6.92 Å². The van der Waals surface area contributed by atoms with E-state index in [1.807, 2.05) is 43.3 Å². The van der Waals surface area contributed by atoms with Crippen LogP contribution in [-0.2, 0) is 0 Å². The molecule has 20 heavy (non-hydrogen) atoms. The van der Waals surface area contributed by atoms with Gasteiger partial charge in [-0.05, 0) is 18.4 Å². The van der Waals surface area contributed by atoms with Crippen LogP contribution in [-0.4, -0.2) is 0 Å². The maximum absolute atomic E-state index is 12.2. The number of fused-ring (bicyclic) bond motifs is 5. The van der Waals surface area contributed by atoms with Gasteiger partial charge in [0.2, 0.25) is 0 Å². The molecule has 2 N–H and O–H groups in total. The molecule has 4 rings (SSSR count). The first-order chi connectivity index (χ1) is 9.66. The molecule has 0 aliphatic heterocycles. The summed E-state index contributed by atoms with van der Waals surface area (Å²) in [6.45, 7) is 1.98. The first kappa shape index (κ1) is 11.5. The largest absolute Gasteiger partial charge is 0.422 e. The molecule has 0 saturated heterocycles. The Labute approximate surface area is 118 Å². The van der Waals surface area contributed by atoms with Gasteiger partial charge in [-0.15, -0.1) is 11.3 Å². The molecule has 0 aliphatic rings. The van der Waals surface area contributed by atoms with Gasteiger partial charge in [0, 0.05) is 21.0 Å². The molecule has 0 aliphatic carbocycles. The van der Waals surface area contributed by atoms with Crippen LogP contribution in [0.3, 0.4) is 0 Å². The van der Waals surface area contributed by atoms with Gasteiger partial charge >= 0.3 is 5.63 Å². The molecule has 4 heteroatoms. The highest BCUT2D eigenvalue weighted by Gasteiger charge is 2.16. The van der Waals surface area contributed by atoms with E-state index in [1.165, 1.54) is 11.3 Å². The SMILES string of the molecule is Cc1sc(N)c2c(=O)oc3c4ccccc4ccc3c12. The smallest absolute Gasteiger partial charge is 0.347 e. The number of hydrogen-bond donors (Lipinski definition) is 1. The van der Waals surface area contributed by atoms with Crippen molar-refractivity contribution in [1.29, 1.82) is 0 Å². The van der Waals surface area contributed by atoms with E-state index in [0.717, 1.165) is 26.4 Å². The molecule has 4 aromatic rings. The summed E-state index contributed by atoms with van der Waals surface area (Å²) in [7, 11) is 0. The predicted octanol–water partition coefficient (Wildman–Crippen LogP) is 4.05. The number of aryl methyl sites for hydroxylation is 1. The normalized spacial score (nSPS) is 11.7. The van der Waals surface area contributed by atoms with E-state index in [0.29, 0.717) is 16.0 Å². The number of thiophene rings is 1. The second kappa shape index (κ2) is 3.84. The Morgan fingerprint density at radius 1 is 1.05 bits per heavy atom. The summed E-state index contributed by atoms with van der Waals surface area (Å²) >= 11 is 1.43. The monoisotopic (exact) mass is 281 g/mol. The van der Waals surface area contributed by atoms with Gasteiger partial charge in [-0.25, -0.2) is 4.79 Å². The van der Waals surface area contributed by atoms with Gasteiger partial charge in [-0.3, -0.25) is 0 Å². The molecule has 0 amide bonds. The van der Waals surface area contributed by atoms with Crippen molar-refractivity contribution in [3.8, 4) is 0 Å². The van der Waals surface area contributed by atoms with Gasteiger partial charge in [0.25, 0.3) is 0 Å². The summed E-state index contributed by atoms with van der Waals surface area (Å²) in [5.41, 5.74) is 6.22.